The Hall–Kier alpha value is -2.40. The molecule has 0 aliphatic carbocycles. The number of para-hydroxylation sites is 2. The number of oxazole rings is 1. The number of hydrogen-bond donors (Lipinski definition) is 2. The van der Waals surface area contributed by atoms with Crippen LogP contribution in [0.5, 0.6) is 0 Å². The molecule has 2 aromatic carbocycles. The van der Waals surface area contributed by atoms with Gasteiger partial charge in [0, 0.05) is 0 Å². The van der Waals surface area contributed by atoms with Crippen molar-refractivity contribution in [2.75, 3.05) is 0 Å². The Morgan fingerprint density at radius 2 is 1.68 bits per heavy atom. The van der Waals surface area contributed by atoms with Gasteiger partial charge in [-0.1, -0.05) is 30.3 Å². The largest absolute Gasteiger partial charge is 0.478 e. The molecule has 3 rings (SSSR count). The van der Waals surface area contributed by atoms with E-state index in [1.165, 1.54) is 0 Å². The fraction of sp³-hybridized carbons (Fsp3) is 0. The lowest BCUT2D eigenvalue weighted by Gasteiger charge is -1.88. The van der Waals surface area contributed by atoms with E-state index in [-0.39, 0.29) is 0 Å². The van der Waals surface area contributed by atoms with Gasteiger partial charge in [-0.25, -0.2) is 4.79 Å². The number of carbonyl (C=O) groups is 1. The summed E-state index contributed by atoms with van der Waals surface area (Å²) in [6, 6.07) is 15.9. The number of carboxylic acids is 1. The summed E-state index contributed by atoms with van der Waals surface area (Å²) in [5.41, 5.74) is 2.09. The first-order valence-corrected chi connectivity index (χ1v) is 5.94. The average Bonchev–Trinajstić information content (AvgIpc) is 2.80. The topological polar surface area (TPSA) is 66.2 Å². The van der Waals surface area contributed by atoms with Crippen molar-refractivity contribution in [1.82, 2.24) is 4.98 Å². The van der Waals surface area contributed by atoms with Crippen molar-refractivity contribution in [2.24, 2.45) is 0 Å². The molecule has 1 aromatic heterocycles. The molecule has 4 nitrogen and oxygen atoms in total. The van der Waals surface area contributed by atoms with E-state index in [1.807, 2.05) is 24.3 Å². The van der Waals surface area contributed by atoms with E-state index >= 15 is 0 Å². The Morgan fingerprint density at radius 1 is 1.05 bits per heavy atom. The molecule has 0 fully saturated rings. The predicted molar refractivity (Wildman–Crippen MR) is 74.8 cm³/mol. The number of fused-ring (bicyclic) bond motifs is 1. The van der Waals surface area contributed by atoms with Crippen LogP contribution in [-0.2, 0) is 0 Å². The number of H-pyrrole nitrogens is 1. The summed E-state index contributed by atoms with van der Waals surface area (Å²) in [5, 5.41) is 8.38. The molecule has 1 heterocycles. The van der Waals surface area contributed by atoms with Crippen LogP contribution in [-0.4, -0.2) is 16.1 Å². The predicted octanol–water partition coefficient (Wildman–Crippen LogP) is 3.88. The molecule has 19 heavy (non-hydrogen) atoms. The summed E-state index contributed by atoms with van der Waals surface area (Å²) < 4.78 is 5.13. The van der Waals surface area contributed by atoms with Crippen LogP contribution in [0.15, 0.2) is 59.0 Å². The minimum absolute atomic E-state index is 0.331. The van der Waals surface area contributed by atoms with Crippen LogP contribution in [0.1, 0.15) is 10.4 Å². The number of aromatic amines is 1. The van der Waals surface area contributed by atoms with Gasteiger partial charge in [-0.05, 0) is 36.5 Å². The van der Waals surface area contributed by atoms with E-state index < -0.39 is 5.97 Å². The molecule has 0 spiro atoms. The first kappa shape index (κ1) is 13.0. The summed E-state index contributed by atoms with van der Waals surface area (Å²) in [4.78, 5) is 13.5. The summed E-state index contributed by atoms with van der Waals surface area (Å²) in [5.74, 6) is -0.879. The highest BCUT2D eigenvalue weighted by Crippen LogP contribution is 2.10. The smallest absolute Gasteiger partial charge is 0.335 e. The standard InChI is InChI=1S/C7H5NOS.C7H6O2/c10-7-8-5-3-1-2-4-6(5)9-7;8-7(9)6-4-2-1-3-5-6/h1-4H,(H,8,10);1-5H,(H,8,9). The normalized spacial score (nSPS) is 9.68. The fourth-order valence-electron chi connectivity index (χ4n) is 1.47. The first-order valence-electron chi connectivity index (χ1n) is 5.53. The van der Waals surface area contributed by atoms with Crippen molar-refractivity contribution in [2.45, 2.75) is 0 Å². The van der Waals surface area contributed by atoms with Gasteiger partial charge in [-0.3, -0.25) is 0 Å². The molecule has 0 saturated carbocycles. The summed E-state index contributed by atoms with van der Waals surface area (Å²) >= 11 is 4.79. The van der Waals surface area contributed by atoms with Gasteiger partial charge in [0.2, 0.25) is 0 Å². The molecule has 0 atom stereocenters. The molecule has 0 aliphatic rings. The van der Waals surface area contributed by atoms with Crippen LogP contribution in [0, 0.1) is 4.84 Å². The second kappa shape index (κ2) is 5.97. The zero-order valence-electron chi connectivity index (χ0n) is 9.87. The van der Waals surface area contributed by atoms with Crippen LogP contribution in [0.25, 0.3) is 11.1 Å². The number of carboxylic acid groups (broad SMARTS) is 1. The zero-order chi connectivity index (χ0) is 13.7. The second-order valence-corrected chi connectivity index (χ2v) is 4.05. The van der Waals surface area contributed by atoms with Gasteiger partial charge < -0.3 is 14.5 Å². The third-order valence-corrected chi connectivity index (χ3v) is 2.53. The van der Waals surface area contributed by atoms with E-state index in [0.29, 0.717) is 10.4 Å². The minimum Gasteiger partial charge on any atom is -0.478 e. The SMILES string of the molecule is O=C(O)c1ccccc1.S=c1[nH]c2ccccc2o1. The van der Waals surface area contributed by atoms with E-state index in [0.717, 1.165) is 11.1 Å². The van der Waals surface area contributed by atoms with Crippen LogP contribution < -0.4 is 0 Å². The number of nitrogens with one attached hydrogen (secondary N) is 1. The van der Waals surface area contributed by atoms with Crippen molar-refractivity contribution in [3.63, 3.8) is 0 Å². The second-order valence-electron chi connectivity index (χ2n) is 3.68. The third kappa shape index (κ3) is 3.53. The highest BCUT2D eigenvalue weighted by atomic mass is 32.1. The molecule has 0 bridgehead atoms. The minimum atomic E-state index is -0.879. The van der Waals surface area contributed by atoms with Gasteiger partial charge in [-0.15, -0.1) is 0 Å². The Kier molecular flexibility index (Phi) is 4.10. The quantitative estimate of drug-likeness (QED) is 0.660. The fourth-order valence-corrected chi connectivity index (χ4v) is 1.67. The highest BCUT2D eigenvalue weighted by Gasteiger charge is 1.96. The number of hydrogen-bond acceptors (Lipinski definition) is 3. The number of benzene rings is 2. The lowest BCUT2D eigenvalue weighted by atomic mass is 10.2. The Labute approximate surface area is 114 Å². The summed E-state index contributed by atoms with van der Waals surface area (Å²) in [6.45, 7) is 0. The molecule has 0 unspecified atom stereocenters. The van der Waals surface area contributed by atoms with Gasteiger partial charge in [-0.2, -0.15) is 0 Å². The monoisotopic (exact) mass is 273 g/mol. The molecule has 0 radical (unpaired) electrons. The maximum Gasteiger partial charge on any atom is 0.335 e. The maximum absolute atomic E-state index is 10.2. The van der Waals surface area contributed by atoms with Crippen LogP contribution in [0.2, 0.25) is 0 Å². The molecule has 0 saturated heterocycles. The van der Waals surface area contributed by atoms with Crippen molar-refractivity contribution in [3.05, 3.63) is 65.0 Å². The van der Waals surface area contributed by atoms with Crippen molar-refractivity contribution >= 4 is 29.3 Å². The van der Waals surface area contributed by atoms with Crippen LogP contribution >= 0.6 is 12.2 Å². The van der Waals surface area contributed by atoms with Gasteiger partial charge in [0.25, 0.3) is 4.84 Å². The molecule has 3 aromatic rings. The number of aromatic carboxylic acids is 1. The Bertz CT molecular complexity index is 695. The van der Waals surface area contributed by atoms with Crippen molar-refractivity contribution < 1.29 is 14.3 Å². The van der Waals surface area contributed by atoms with E-state index in [9.17, 15) is 4.79 Å². The van der Waals surface area contributed by atoms with E-state index in [4.69, 9.17) is 21.7 Å². The average molecular weight is 273 g/mol. The molecule has 96 valence electrons. The van der Waals surface area contributed by atoms with Gasteiger partial charge >= 0.3 is 5.97 Å². The summed E-state index contributed by atoms with van der Waals surface area (Å²) in [7, 11) is 0. The zero-order valence-corrected chi connectivity index (χ0v) is 10.7. The van der Waals surface area contributed by atoms with Gasteiger partial charge in [0.15, 0.2) is 5.58 Å². The Balaban J connectivity index is 0.000000141. The number of rotatable bonds is 1. The van der Waals surface area contributed by atoms with E-state index in [2.05, 4.69) is 4.98 Å². The molecule has 0 aliphatic heterocycles. The lowest BCUT2D eigenvalue weighted by Crippen LogP contribution is -1.93. The third-order valence-electron chi connectivity index (χ3n) is 2.35. The molecular weight excluding hydrogens is 262 g/mol. The highest BCUT2D eigenvalue weighted by molar-refractivity contribution is 7.71. The maximum atomic E-state index is 10.2. The van der Waals surface area contributed by atoms with Crippen molar-refractivity contribution in [1.29, 1.82) is 0 Å². The van der Waals surface area contributed by atoms with Gasteiger partial charge in [0.05, 0.1) is 11.1 Å². The lowest BCUT2D eigenvalue weighted by molar-refractivity contribution is 0.0697. The molecular formula is C14H11NO3S. The van der Waals surface area contributed by atoms with Crippen LogP contribution in [0.3, 0.4) is 0 Å². The molecule has 2 N–H and O–H groups in total. The Morgan fingerprint density at radius 3 is 2.26 bits per heavy atom. The van der Waals surface area contributed by atoms with Gasteiger partial charge in [0.1, 0.15) is 0 Å². The molecule has 0 amide bonds. The molecule has 5 heteroatoms. The van der Waals surface area contributed by atoms with Crippen LogP contribution in [0.4, 0.5) is 0 Å². The summed E-state index contributed by atoms with van der Waals surface area (Å²) in [6.07, 6.45) is 0. The first-order chi connectivity index (χ1) is 9.16. The number of aromatic nitrogens is 1. The van der Waals surface area contributed by atoms with E-state index in [1.54, 1.807) is 30.3 Å². The van der Waals surface area contributed by atoms with Crippen molar-refractivity contribution in [3.8, 4) is 0 Å².